The van der Waals surface area contributed by atoms with E-state index in [2.05, 4.69) is 0 Å². The molecule has 0 radical (unpaired) electrons. The van der Waals surface area contributed by atoms with Gasteiger partial charge in [0.25, 0.3) is 0 Å². The Morgan fingerprint density at radius 2 is 1.85 bits per heavy atom. The number of nitrogens with two attached hydrogens (primary N) is 1. The minimum absolute atomic E-state index is 0.0105. The van der Waals surface area contributed by atoms with Crippen molar-refractivity contribution in [3.63, 3.8) is 0 Å². The maximum Gasteiger partial charge on any atom is 0.243 e. The molecular formula is C20H23N3O3S. The van der Waals surface area contributed by atoms with Crippen LogP contribution < -0.4 is 10.6 Å². The first-order chi connectivity index (χ1) is 12.9. The zero-order chi connectivity index (χ0) is 19.2. The highest BCUT2D eigenvalue weighted by Crippen LogP contribution is 2.34. The summed E-state index contributed by atoms with van der Waals surface area (Å²) in [5.74, 6) is -0.0378. The van der Waals surface area contributed by atoms with Crippen molar-refractivity contribution in [2.45, 2.75) is 30.2 Å². The maximum absolute atomic E-state index is 13.2. The van der Waals surface area contributed by atoms with Gasteiger partial charge < -0.3 is 10.6 Å². The molecule has 2 aliphatic heterocycles. The van der Waals surface area contributed by atoms with Crippen LogP contribution in [0, 0.1) is 0 Å². The van der Waals surface area contributed by atoms with Gasteiger partial charge in [0.1, 0.15) is 0 Å². The summed E-state index contributed by atoms with van der Waals surface area (Å²) in [7, 11) is -3.62. The van der Waals surface area contributed by atoms with Gasteiger partial charge in [-0.05, 0) is 35.7 Å². The molecule has 0 bridgehead atoms. The predicted octanol–water partition coefficient (Wildman–Crippen LogP) is 1.71. The van der Waals surface area contributed by atoms with Gasteiger partial charge in [-0.15, -0.1) is 0 Å². The number of amides is 1. The summed E-state index contributed by atoms with van der Waals surface area (Å²) < 4.78 is 27.8. The van der Waals surface area contributed by atoms with Gasteiger partial charge in [0, 0.05) is 44.2 Å². The Hall–Kier alpha value is -2.22. The minimum Gasteiger partial charge on any atom is -0.326 e. The van der Waals surface area contributed by atoms with Crippen molar-refractivity contribution in [3.05, 3.63) is 59.7 Å². The smallest absolute Gasteiger partial charge is 0.243 e. The van der Waals surface area contributed by atoms with E-state index in [4.69, 9.17) is 5.73 Å². The van der Waals surface area contributed by atoms with E-state index >= 15 is 0 Å². The van der Waals surface area contributed by atoms with Crippen LogP contribution >= 0.6 is 0 Å². The van der Waals surface area contributed by atoms with Crippen LogP contribution in [0.25, 0.3) is 0 Å². The Bertz CT molecular complexity index is 975. The van der Waals surface area contributed by atoms with Crippen molar-refractivity contribution in [1.29, 1.82) is 0 Å². The predicted molar refractivity (Wildman–Crippen MR) is 104 cm³/mol. The molecule has 6 nitrogen and oxygen atoms in total. The maximum atomic E-state index is 13.2. The third-order valence-electron chi connectivity index (χ3n) is 5.52. The van der Waals surface area contributed by atoms with E-state index in [1.54, 1.807) is 23.1 Å². The number of sulfonamides is 1. The lowest BCUT2D eigenvalue weighted by Gasteiger charge is -2.18. The number of carbonyl (C=O) groups excluding carboxylic acids is 1. The molecule has 4 rings (SSSR count). The summed E-state index contributed by atoms with van der Waals surface area (Å²) in [4.78, 5) is 13.6. The molecular weight excluding hydrogens is 362 g/mol. The molecule has 7 heteroatoms. The Balaban J connectivity index is 1.60. The van der Waals surface area contributed by atoms with E-state index in [1.165, 1.54) is 11.2 Å². The summed E-state index contributed by atoms with van der Waals surface area (Å²) in [6, 6.07) is 14.6. The lowest BCUT2D eigenvalue weighted by atomic mass is 9.95. The molecule has 1 fully saturated rings. The van der Waals surface area contributed by atoms with Gasteiger partial charge in [0.2, 0.25) is 15.9 Å². The lowest BCUT2D eigenvalue weighted by Crippen LogP contribution is -2.32. The Kier molecular flexibility index (Phi) is 4.53. The molecule has 2 N–H and O–H groups in total. The first-order valence-corrected chi connectivity index (χ1v) is 10.5. The highest BCUT2D eigenvalue weighted by molar-refractivity contribution is 7.89. The highest BCUT2D eigenvalue weighted by Gasteiger charge is 2.38. The van der Waals surface area contributed by atoms with E-state index < -0.39 is 10.0 Å². The Morgan fingerprint density at radius 3 is 2.56 bits per heavy atom. The summed E-state index contributed by atoms with van der Waals surface area (Å²) in [6.45, 7) is 2.80. The molecule has 2 atom stereocenters. The van der Waals surface area contributed by atoms with Crippen LogP contribution in [0.4, 0.5) is 5.69 Å². The number of fused-ring (bicyclic) bond motifs is 1. The van der Waals surface area contributed by atoms with Gasteiger partial charge in [-0.1, -0.05) is 30.3 Å². The van der Waals surface area contributed by atoms with Crippen LogP contribution in [0.15, 0.2) is 53.4 Å². The first-order valence-electron chi connectivity index (χ1n) is 9.09. The van der Waals surface area contributed by atoms with Crippen molar-refractivity contribution >= 4 is 21.6 Å². The topological polar surface area (TPSA) is 83.7 Å². The number of nitrogens with zero attached hydrogens (tertiary/aromatic N) is 2. The summed E-state index contributed by atoms with van der Waals surface area (Å²) in [6.07, 6.45) is 0.671. The van der Waals surface area contributed by atoms with E-state index in [0.29, 0.717) is 26.1 Å². The second-order valence-electron chi connectivity index (χ2n) is 7.21. The van der Waals surface area contributed by atoms with E-state index in [-0.39, 0.29) is 22.8 Å². The fourth-order valence-corrected chi connectivity index (χ4v) is 5.61. The van der Waals surface area contributed by atoms with Crippen LogP contribution in [0.2, 0.25) is 0 Å². The molecule has 2 heterocycles. The summed E-state index contributed by atoms with van der Waals surface area (Å²) in [5.41, 5.74) is 9.04. The van der Waals surface area contributed by atoms with Crippen LogP contribution in [0.1, 0.15) is 24.0 Å². The molecule has 0 aromatic heterocycles. The van der Waals surface area contributed by atoms with Crippen molar-refractivity contribution in [3.8, 4) is 0 Å². The normalized spacial score (nSPS) is 22.8. The van der Waals surface area contributed by atoms with Crippen LogP contribution in [-0.4, -0.2) is 44.3 Å². The molecule has 142 valence electrons. The molecule has 2 aliphatic rings. The van der Waals surface area contributed by atoms with Gasteiger partial charge in [-0.2, -0.15) is 4.31 Å². The zero-order valence-corrected chi connectivity index (χ0v) is 16.0. The monoisotopic (exact) mass is 385 g/mol. The molecule has 1 saturated heterocycles. The van der Waals surface area contributed by atoms with Gasteiger partial charge >= 0.3 is 0 Å². The van der Waals surface area contributed by atoms with Crippen LogP contribution in [0.3, 0.4) is 0 Å². The molecule has 0 unspecified atom stereocenters. The van der Waals surface area contributed by atoms with Crippen molar-refractivity contribution in [2.75, 3.05) is 24.5 Å². The minimum atomic E-state index is -3.62. The van der Waals surface area contributed by atoms with Gasteiger partial charge in [-0.3, -0.25) is 4.79 Å². The summed E-state index contributed by atoms with van der Waals surface area (Å²) in [5, 5.41) is 0. The number of carbonyl (C=O) groups is 1. The Labute approximate surface area is 159 Å². The first kappa shape index (κ1) is 18.2. The molecule has 1 amide bonds. The highest BCUT2D eigenvalue weighted by atomic mass is 32.2. The van der Waals surface area contributed by atoms with Gasteiger partial charge in [0.15, 0.2) is 0 Å². The van der Waals surface area contributed by atoms with Crippen LogP contribution in [0.5, 0.6) is 0 Å². The second kappa shape index (κ2) is 6.74. The molecule has 2 aromatic rings. The fourth-order valence-electron chi connectivity index (χ4n) is 4.06. The fraction of sp³-hybridized carbons (Fsp3) is 0.350. The SMILES string of the molecule is CC(=O)N1CCc2cc(S(=O)(=O)N3C[C@@H](N)[C@H](c4ccccc4)C3)ccc21. The number of benzene rings is 2. The lowest BCUT2D eigenvalue weighted by molar-refractivity contribution is -0.116. The van der Waals surface area contributed by atoms with Crippen molar-refractivity contribution < 1.29 is 13.2 Å². The molecule has 0 spiro atoms. The van der Waals surface area contributed by atoms with E-state index in [1.807, 2.05) is 30.3 Å². The number of rotatable bonds is 3. The average Bonchev–Trinajstić information content (AvgIpc) is 3.25. The third-order valence-corrected chi connectivity index (χ3v) is 7.35. The largest absolute Gasteiger partial charge is 0.326 e. The second-order valence-corrected chi connectivity index (χ2v) is 9.15. The summed E-state index contributed by atoms with van der Waals surface area (Å²) >= 11 is 0. The van der Waals surface area contributed by atoms with Gasteiger partial charge in [0.05, 0.1) is 4.90 Å². The van der Waals surface area contributed by atoms with Crippen LogP contribution in [-0.2, 0) is 21.2 Å². The molecule has 2 aromatic carbocycles. The van der Waals surface area contributed by atoms with Crippen molar-refractivity contribution in [1.82, 2.24) is 4.31 Å². The number of hydrogen-bond donors (Lipinski definition) is 1. The van der Waals surface area contributed by atoms with E-state index in [0.717, 1.165) is 16.8 Å². The van der Waals surface area contributed by atoms with Crippen molar-refractivity contribution in [2.24, 2.45) is 5.73 Å². The molecule has 0 aliphatic carbocycles. The van der Waals surface area contributed by atoms with E-state index in [9.17, 15) is 13.2 Å². The average molecular weight is 385 g/mol. The standard InChI is InChI=1S/C20H23N3O3S/c1-14(24)23-10-9-16-11-17(7-8-20(16)23)27(25,26)22-12-18(19(21)13-22)15-5-3-2-4-6-15/h2-8,11,18-19H,9-10,12-13,21H2,1H3/t18-,19+/m0/s1. The van der Waals surface area contributed by atoms with Gasteiger partial charge in [-0.25, -0.2) is 8.42 Å². The molecule has 0 saturated carbocycles. The Morgan fingerprint density at radius 1 is 1.11 bits per heavy atom. The number of anilines is 1. The molecule has 27 heavy (non-hydrogen) atoms. The quantitative estimate of drug-likeness (QED) is 0.872. The third kappa shape index (κ3) is 3.16. The zero-order valence-electron chi connectivity index (χ0n) is 15.2. The number of hydrogen-bond acceptors (Lipinski definition) is 4.